The Labute approximate surface area is 98.2 Å². The molecule has 5 nitrogen and oxygen atoms in total. The van der Waals surface area contributed by atoms with E-state index in [2.05, 4.69) is 15.5 Å². The fourth-order valence-corrected chi connectivity index (χ4v) is 1.85. The predicted octanol–water partition coefficient (Wildman–Crippen LogP) is 0.200. The molecule has 0 saturated carbocycles. The van der Waals surface area contributed by atoms with Crippen molar-refractivity contribution in [3.05, 3.63) is 30.0 Å². The second-order valence-corrected chi connectivity index (χ2v) is 3.97. The van der Waals surface area contributed by atoms with Gasteiger partial charge in [-0.15, -0.1) is 0 Å². The number of benzene rings is 1. The van der Waals surface area contributed by atoms with E-state index in [4.69, 9.17) is 0 Å². The van der Waals surface area contributed by atoms with Crippen molar-refractivity contribution in [1.82, 2.24) is 4.98 Å². The molecule has 0 aliphatic rings. The zero-order valence-electron chi connectivity index (χ0n) is 9.56. The molecule has 0 aliphatic heterocycles. The summed E-state index contributed by atoms with van der Waals surface area (Å²) >= 11 is 0. The molecule has 5 heteroatoms. The first-order valence-corrected chi connectivity index (χ1v) is 5.31. The summed E-state index contributed by atoms with van der Waals surface area (Å²) in [6.45, 7) is 0. The van der Waals surface area contributed by atoms with Gasteiger partial charge in [-0.25, -0.2) is 4.79 Å². The van der Waals surface area contributed by atoms with E-state index in [9.17, 15) is 9.90 Å². The quantitative estimate of drug-likeness (QED) is 0.664. The predicted molar refractivity (Wildman–Crippen MR) is 62.4 cm³/mol. The summed E-state index contributed by atoms with van der Waals surface area (Å²) in [6, 6.07) is 4.64. The lowest BCUT2D eigenvalue weighted by Crippen LogP contribution is -2.66. The van der Waals surface area contributed by atoms with Crippen LogP contribution in [0.3, 0.4) is 0 Å². The molecule has 0 unspecified atom stereocenters. The van der Waals surface area contributed by atoms with Crippen LogP contribution < -0.4 is 5.73 Å². The van der Waals surface area contributed by atoms with E-state index < -0.39 is 6.04 Å². The Bertz CT molecular complexity index is 548. The number of ether oxygens (including phenoxy) is 1. The van der Waals surface area contributed by atoms with Gasteiger partial charge in [0.05, 0.1) is 7.11 Å². The summed E-state index contributed by atoms with van der Waals surface area (Å²) in [5.41, 5.74) is 5.63. The molecule has 2 rings (SSSR count). The Morgan fingerprint density at radius 3 is 3.06 bits per heavy atom. The van der Waals surface area contributed by atoms with Gasteiger partial charge in [-0.3, -0.25) is 0 Å². The molecule has 0 spiro atoms. The van der Waals surface area contributed by atoms with Crippen molar-refractivity contribution in [2.24, 2.45) is 0 Å². The third-order valence-corrected chi connectivity index (χ3v) is 2.75. The van der Waals surface area contributed by atoms with Gasteiger partial charge in [-0.1, -0.05) is 0 Å². The van der Waals surface area contributed by atoms with Crippen LogP contribution >= 0.6 is 0 Å². The molecule has 2 aromatic rings. The molecule has 5 N–H and O–H groups in total. The Balaban J connectivity index is 2.30. The van der Waals surface area contributed by atoms with Crippen molar-refractivity contribution in [2.45, 2.75) is 12.5 Å². The Morgan fingerprint density at radius 1 is 1.59 bits per heavy atom. The summed E-state index contributed by atoms with van der Waals surface area (Å²) in [7, 11) is 1.35. The Kier molecular flexibility index (Phi) is 3.01. The Morgan fingerprint density at radius 2 is 2.35 bits per heavy atom. The molecule has 0 aliphatic carbocycles. The maximum absolute atomic E-state index is 11.3. The summed E-state index contributed by atoms with van der Waals surface area (Å²) in [6.07, 6.45) is 2.31. The number of aromatic hydroxyl groups is 1. The van der Waals surface area contributed by atoms with Crippen LogP contribution in [0.15, 0.2) is 24.4 Å². The minimum atomic E-state index is -0.443. The molecule has 1 atom stereocenters. The van der Waals surface area contributed by atoms with E-state index >= 15 is 0 Å². The molecule has 1 aromatic heterocycles. The average Bonchev–Trinajstić information content (AvgIpc) is 2.71. The molecule has 0 bridgehead atoms. The van der Waals surface area contributed by atoms with Crippen LogP contribution in [0.4, 0.5) is 0 Å². The molecule has 0 fully saturated rings. The molecule has 0 saturated heterocycles. The second kappa shape index (κ2) is 4.47. The SMILES string of the molecule is COC(=O)[C@@H]([NH3+])Cc1c[nH]c2ccc(O)cc12. The van der Waals surface area contributed by atoms with Crippen LogP contribution in [0.1, 0.15) is 5.56 Å². The number of rotatable bonds is 3. The van der Waals surface area contributed by atoms with Crippen LogP contribution in [0.25, 0.3) is 10.9 Å². The fraction of sp³-hybridized carbons (Fsp3) is 0.250. The monoisotopic (exact) mass is 235 g/mol. The number of aromatic amines is 1. The number of esters is 1. The van der Waals surface area contributed by atoms with Gasteiger partial charge in [-0.2, -0.15) is 0 Å². The third kappa shape index (κ3) is 2.24. The van der Waals surface area contributed by atoms with E-state index in [0.717, 1.165) is 16.5 Å². The number of nitrogens with one attached hydrogen (secondary N) is 1. The smallest absolute Gasteiger partial charge is 0.364 e. The normalized spacial score (nSPS) is 12.6. The number of aromatic nitrogens is 1. The summed E-state index contributed by atoms with van der Waals surface area (Å²) in [5.74, 6) is -0.128. The number of fused-ring (bicyclic) bond motifs is 1. The number of hydrogen-bond acceptors (Lipinski definition) is 3. The second-order valence-electron chi connectivity index (χ2n) is 3.97. The molecule has 90 valence electrons. The van der Waals surface area contributed by atoms with Crippen molar-refractivity contribution in [2.75, 3.05) is 7.11 Å². The molecule has 0 amide bonds. The first-order chi connectivity index (χ1) is 8.11. The van der Waals surface area contributed by atoms with E-state index in [1.54, 1.807) is 18.2 Å². The molecule has 17 heavy (non-hydrogen) atoms. The molecule has 1 aromatic carbocycles. The van der Waals surface area contributed by atoms with Gasteiger partial charge in [0.2, 0.25) is 0 Å². The molecular formula is C12H15N2O3+. The standard InChI is InChI=1S/C12H14N2O3/c1-17-12(16)10(13)4-7-6-14-11-3-2-8(15)5-9(7)11/h2-3,5-6,10,14-15H,4,13H2,1H3/p+1/t10-/m0/s1. The van der Waals surface area contributed by atoms with Crippen LogP contribution in [0.5, 0.6) is 5.75 Å². The minimum absolute atomic E-state index is 0.206. The van der Waals surface area contributed by atoms with Crippen molar-refractivity contribution in [1.29, 1.82) is 0 Å². The number of methoxy groups -OCH3 is 1. The van der Waals surface area contributed by atoms with E-state index in [1.807, 2.05) is 6.20 Å². The fourth-order valence-electron chi connectivity index (χ4n) is 1.85. The first-order valence-electron chi connectivity index (χ1n) is 5.31. The van der Waals surface area contributed by atoms with Gasteiger partial charge in [0.1, 0.15) is 5.75 Å². The lowest BCUT2D eigenvalue weighted by molar-refractivity contribution is -0.407. The summed E-state index contributed by atoms with van der Waals surface area (Å²) in [5, 5.41) is 10.3. The Hall–Kier alpha value is -2.01. The lowest BCUT2D eigenvalue weighted by Gasteiger charge is -2.05. The van der Waals surface area contributed by atoms with Crippen molar-refractivity contribution >= 4 is 16.9 Å². The van der Waals surface area contributed by atoms with Crippen LogP contribution in [0.2, 0.25) is 0 Å². The summed E-state index contributed by atoms with van der Waals surface area (Å²) in [4.78, 5) is 14.4. The first kappa shape index (κ1) is 11.5. The number of quaternary nitrogens is 1. The number of phenols is 1. The highest BCUT2D eigenvalue weighted by molar-refractivity contribution is 5.85. The number of phenolic OH excluding ortho intramolecular Hbond substituents is 1. The maximum Gasteiger partial charge on any atom is 0.364 e. The van der Waals surface area contributed by atoms with E-state index in [1.165, 1.54) is 7.11 Å². The largest absolute Gasteiger partial charge is 0.508 e. The van der Waals surface area contributed by atoms with Gasteiger partial charge in [0.25, 0.3) is 0 Å². The zero-order valence-corrected chi connectivity index (χ0v) is 9.56. The highest BCUT2D eigenvalue weighted by atomic mass is 16.5. The van der Waals surface area contributed by atoms with Crippen LogP contribution in [0, 0.1) is 0 Å². The van der Waals surface area contributed by atoms with Gasteiger partial charge in [0, 0.05) is 23.5 Å². The summed E-state index contributed by atoms with van der Waals surface area (Å²) < 4.78 is 4.64. The zero-order chi connectivity index (χ0) is 12.4. The van der Waals surface area contributed by atoms with Gasteiger partial charge in [-0.05, 0) is 23.8 Å². The van der Waals surface area contributed by atoms with Crippen molar-refractivity contribution < 1.29 is 20.4 Å². The van der Waals surface area contributed by atoms with Gasteiger partial charge in [0.15, 0.2) is 6.04 Å². The van der Waals surface area contributed by atoms with Crippen molar-refractivity contribution in [3.8, 4) is 5.75 Å². The molecular weight excluding hydrogens is 220 g/mol. The van der Waals surface area contributed by atoms with Crippen LogP contribution in [-0.4, -0.2) is 29.2 Å². The number of hydrogen-bond donors (Lipinski definition) is 3. The topological polar surface area (TPSA) is 90.0 Å². The number of carbonyl (C=O) groups is 1. The molecule has 0 radical (unpaired) electrons. The number of H-pyrrole nitrogens is 1. The average molecular weight is 235 g/mol. The lowest BCUT2D eigenvalue weighted by atomic mass is 10.1. The highest BCUT2D eigenvalue weighted by Crippen LogP contribution is 2.23. The van der Waals surface area contributed by atoms with Gasteiger partial charge < -0.3 is 20.6 Å². The maximum atomic E-state index is 11.3. The number of carbonyl (C=O) groups excluding carboxylic acids is 1. The third-order valence-electron chi connectivity index (χ3n) is 2.75. The highest BCUT2D eigenvalue weighted by Gasteiger charge is 2.19. The van der Waals surface area contributed by atoms with Crippen molar-refractivity contribution in [3.63, 3.8) is 0 Å². The van der Waals surface area contributed by atoms with E-state index in [0.29, 0.717) is 6.42 Å². The molecule has 1 heterocycles. The van der Waals surface area contributed by atoms with Gasteiger partial charge >= 0.3 is 5.97 Å². The van der Waals surface area contributed by atoms with Crippen LogP contribution in [-0.2, 0) is 16.0 Å². The minimum Gasteiger partial charge on any atom is -0.508 e. The van der Waals surface area contributed by atoms with E-state index in [-0.39, 0.29) is 11.7 Å².